The molecule has 1 aromatic carbocycles. The number of carbonyl (C=O) groups excluding carboxylic acids is 1. The van der Waals surface area contributed by atoms with Crippen molar-refractivity contribution in [3.8, 4) is 0 Å². The minimum atomic E-state index is -3.59. The van der Waals surface area contributed by atoms with Crippen LogP contribution in [0.4, 0.5) is 0 Å². The molecule has 120 valence electrons. The Hall–Kier alpha value is -1.46. The second-order valence-electron chi connectivity index (χ2n) is 6.04. The number of hydrogen-bond acceptors (Lipinski definition) is 3. The first-order chi connectivity index (χ1) is 10.4. The zero-order chi connectivity index (χ0) is 16.2. The largest absolute Gasteiger partial charge is 0.299 e. The van der Waals surface area contributed by atoms with Crippen molar-refractivity contribution >= 4 is 15.8 Å². The standard InChI is InChI=1S/C17H23NO3S/c1-3-11-17(12-5-4-6-16(17)19)13-18-22(20,21)15-9-7-14(2)8-10-15/h3,7-10,18H,1,4-6,11-13H2,2H3/t17-/m1/s1. The van der Waals surface area contributed by atoms with Crippen LogP contribution < -0.4 is 4.72 Å². The van der Waals surface area contributed by atoms with Gasteiger partial charge in [0.2, 0.25) is 10.0 Å². The van der Waals surface area contributed by atoms with Gasteiger partial charge in [-0.15, -0.1) is 6.58 Å². The molecule has 1 fully saturated rings. The first-order valence-corrected chi connectivity index (χ1v) is 9.08. The fourth-order valence-corrected chi connectivity index (χ4v) is 4.07. The molecule has 1 aromatic rings. The lowest BCUT2D eigenvalue weighted by atomic mass is 9.71. The van der Waals surface area contributed by atoms with Gasteiger partial charge >= 0.3 is 0 Å². The van der Waals surface area contributed by atoms with Crippen LogP contribution in [0.5, 0.6) is 0 Å². The Bertz CT molecular complexity index is 649. The Kier molecular flexibility index (Phi) is 5.19. The van der Waals surface area contributed by atoms with E-state index in [1.165, 1.54) is 0 Å². The van der Waals surface area contributed by atoms with Crippen LogP contribution in [0.15, 0.2) is 41.8 Å². The number of sulfonamides is 1. The van der Waals surface area contributed by atoms with Crippen molar-refractivity contribution in [1.82, 2.24) is 4.72 Å². The number of ketones is 1. The van der Waals surface area contributed by atoms with Crippen molar-refractivity contribution in [2.45, 2.75) is 43.9 Å². The molecular weight excluding hydrogens is 298 g/mol. The highest BCUT2D eigenvalue weighted by Crippen LogP contribution is 2.36. The maximum atomic E-state index is 12.4. The predicted octanol–water partition coefficient (Wildman–Crippen LogP) is 2.98. The molecule has 0 heterocycles. The van der Waals surface area contributed by atoms with Crippen LogP contribution in [0.2, 0.25) is 0 Å². The van der Waals surface area contributed by atoms with Crippen LogP contribution in [-0.2, 0) is 14.8 Å². The van der Waals surface area contributed by atoms with E-state index >= 15 is 0 Å². The topological polar surface area (TPSA) is 63.2 Å². The summed E-state index contributed by atoms with van der Waals surface area (Å²) < 4.78 is 27.4. The first kappa shape index (κ1) is 16.9. The van der Waals surface area contributed by atoms with Crippen LogP contribution in [0.25, 0.3) is 0 Å². The number of Topliss-reactive ketones (excluding diaryl/α,β-unsaturated/α-hetero) is 1. The van der Waals surface area contributed by atoms with Crippen molar-refractivity contribution in [1.29, 1.82) is 0 Å². The highest BCUT2D eigenvalue weighted by atomic mass is 32.2. The SMILES string of the molecule is C=CC[C@]1(CNS(=O)(=O)c2ccc(C)cc2)CCCCC1=O. The van der Waals surface area contributed by atoms with Gasteiger partial charge in [-0.25, -0.2) is 13.1 Å². The van der Waals surface area contributed by atoms with Gasteiger partial charge in [0.15, 0.2) is 0 Å². The van der Waals surface area contributed by atoms with E-state index in [9.17, 15) is 13.2 Å². The van der Waals surface area contributed by atoms with Crippen LogP contribution in [0, 0.1) is 12.3 Å². The number of nitrogens with one attached hydrogen (secondary N) is 1. The number of benzene rings is 1. The Morgan fingerprint density at radius 3 is 2.55 bits per heavy atom. The molecule has 0 saturated heterocycles. The highest BCUT2D eigenvalue weighted by molar-refractivity contribution is 7.89. The third-order valence-electron chi connectivity index (χ3n) is 4.37. The molecule has 1 aliphatic rings. The molecule has 0 amide bonds. The van der Waals surface area contributed by atoms with Gasteiger partial charge in [-0.2, -0.15) is 0 Å². The zero-order valence-corrected chi connectivity index (χ0v) is 13.8. The maximum absolute atomic E-state index is 12.4. The second-order valence-corrected chi connectivity index (χ2v) is 7.81. The quantitative estimate of drug-likeness (QED) is 0.819. The molecule has 4 nitrogen and oxygen atoms in total. The Balaban J connectivity index is 2.16. The lowest BCUT2D eigenvalue weighted by molar-refractivity contribution is -0.130. The molecule has 0 radical (unpaired) electrons. The molecule has 0 unspecified atom stereocenters. The lowest BCUT2D eigenvalue weighted by Crippen LogP contribution is -2.44. The fourth-order valence-electron chi connectivity index (χ4n) is 2.94. The first-order valence-electron chi connectivity index (χ1n) is 7.60. The summed E-state index contributed by atoms with van der Waals surface area (Å²) >= 11 is 0. The molecule has 0 aliphatic heterocycles. The average Bonchev–Trinajstić information content (AvgIpc) is 2.49. The van der Waals surface area contributed by atoms with Crippen LogP contribution >= 0.6 is 0 Å². The number of carbonyl (C=O) groups is 1. The van der Waals surface area contributed by atoms with Gasteiger partial charge in [-0.3, -0.25) is 4.79 Å². The second kappa shape index (κ2) is 6.75. The van der Waals surface area contributed by atoms with E-state index in [0.717, 1.165) is 18.4 Å². The Labute approximate surface area is 132 Å². The molecule has 5 heteroatoms. The predicted molar refractivity (Wildman–Crippen MR) is 87.1 cm³/mol. The van der Waals surface area contributed by atoms with Crippen molar-refractivity contribution < 1.29 is 13.2 Å². The van der Waals surface area contributed by atoms with Crippen molar-refractivity contribution in [3.63, 3.8) is 0 Å². The molecule has 1 aliphatic carbocycles. The van der Waals surface area contributed by atoms with E-state index < -0.39 is 15.4 Å². The van der Waals surface area contributed by atoms with E-state index in [-0.39, 0.29) is 17.2 Å². The van der Waals surface area contributed by atoms with Crippen molar-refractivity contribution in [2.24, 2.45) is 5.41 Å². The minimum Gasteiger partial charge on any atom is -0.299 e. The molecule has 1 saturated carbocycles. The number of hydrogen-bond donors (Lipinski definition) is 1. The molecule has 0 spiro atoms. The molecular formula is C17H23NO3S. The van der Waals surface area contributed by atoms with Gasteiger partial charge in [0, 0.05) is 18.4 Å². The van der Waals surface area contributed by atoms with E-state index in [1.54, 1.807) is 30.3 Å². The molecule has 22 heavy (non-hydrogen) atoms. The summed E-state index contributed by atoms with van der Waals surface area (Å²) in [6.07, 6.45) is 5.31. The summed E-state index contributed by atoms with van der Waals surface area (Å²) in [5.41, 5.74) is 0.377. The van der Waals surface area contributed by atoms with Gasteiger partial charge in [-0.05, 0) is 38.3 Å². The van der Waals surface area contributed by atoms with Crippen molar-refractivity contribution in [2.75, 3.05) is 6.54 Å². The number of aryl methyl sites for hydroxylation is 1. The summed E-state index contributed by atoms with van der Waals surface area (Å²) in [6, 6.07) is 6.70. The smallest absolute Gasteiger partial charge is 0.240 e. The van der Waals surface area contributed by atoms with E-state index in [4.69, 9.17) is 0 Å². The van der Waals surface area contributed by atoms with E-state index in [1.807, 2.05) is 6.92 Å². The maximum Gasteiger partial charge on any atom is 0.240 e. The van der Waals surface area contributed by atoms with Gasteiger partial charge in [0.25, 0.3) is 0 Å². The van der Waals surface area contributed by atoms with Crippen LogP contribution in [0.1, 0.15) is 37.7 Å². The molecule has 0 bridgehead atoms. The average molecular weight is 321 g/mol. The van der Waals surface area contributed by atoms with Crippen LogP contribution in [-0.4, -0.2) is 20.7 Å². The zero-order valence-electron chi connectivity index (χ0n) is 13.0. The normalized spacial score (nSPS) is 22.5. The summed E-state index contributed by atoms with van der Waals surface area (Å²) in [7, 11) is -3.59. The third-order valence-corrected chi connectivity index (χ3v) is 5.78. The Morgan fingerprint density at radius 1 is 1.27 bits per heavy atom. The van der Waals surface area contributed by atoms with Crippen LogP contribution in [0.3, 0.4) is 0 Å². The lowest BCUT2D eigenvalue weighted by Gasteiger charge is -2.35. The molecule has 1 atom stereocenters. The number of rotatable bonds is 6. The van der Waals surface area contributed by atoms with E-state index in [2.05, 4.69) is 11.3 Å². The third kappa shape index (κ3) is 3.65. The van der Waals surface area contributed by atoms with Gasteiger partial charge in [0.1, 0.15) is 5.78 Å². The number of allylic oxidation sites excluding steroid dienone is 1. The highest BCUT2D eigenvalue weighted by Gasteiger charge is 2.39. The monoisotopic (exact) mass is 321 g/mol. The van der Waals surface area contributed by atoms with Gasteiger partial charge < -0.3 is 0 Å². The van der Waals surface area contributed by atoms with Crippen molar-refractivity contribution in [3.05, 3.63) is 42.5 Å². The summed E-state index contributed by atoms with van der Waals surface area (Å²) in [6.45, 7) is 5.77. The minimum absolute atomic E-state index is 0.144. The van der Waals surface area contributed by atoms with Gasteiger partial charge in [0.05, 0.1) is 4.90 Å². The summed E-state index contributed by atoms with van der Waals surface area (Å²) in [5.74, 6) is 0.144. The summed E-state index contributed by atoms with van der Waals surface area (Å²) in [4.78, 5) is 12.6. The van der Waals surface area contributed by atoms with E-state index in [0.29, 0.717) is 19.3 Å². The molecule has 2 rings (SSSR count). The van der Waals surface area contributed by atoms with Gasteiger partial charge in [-0.1, -0.05) is 30.2 Å². The fraction of sp³-hybridized carbons (Fsp3) is 0.471. The Morgan fingerprint density at radius 2 is 1.95 bits per heavy atom. The molecule has 0 aromatic heterocycles. The molecule has 1 N–H and O–H groups in total. The summed E-state index contributed by atoms with van der Waals surface area (Å²) in [5, 5.41) is 0.